The van der Waals surface area contributed by atoms with Gasteiger partial charge in [-0.1, -0.05) is 27.3 Å². The van der Waals surface area contributed by atoms with Crippen LogP contribution in [0.25, 0.3) is 10.2 Å². The molecule has 0 saturated carbocycles. The predicted molar refractivity (Wildman–Crippen MR) is 114 cm³/mol. The molecule has 3 aromatic rings. The number of piperidine rings is 1. The first-order valence-corrected chi connectivity index (χ1v) is 10.5. The summed E-state index contributed by atoms with van der Waals surface area (Å²) in [7, 11) is 0. The lowest BCUT2D eigenvalue weighted by molar-refractivity contribution is -0.384. The molecule has 1 N–H and O–H groups in total. The van der Waals surface area contributed by atoms with E-state index in [1.54, 1.807) is 12.1 Å². The van der Waals surface area contributed by atoms with Crippen LogP contribution in [0.2, 0.25) is 0 Å². The molecule has 28 heavy (non-hydrogen) atoms. The first kappa shape index (κ1) is 18.8. The van der Waals surface area contributed by atoms with Gasteiger partial charge in [0.05, 0.1) is 15.1 Å². The zero-order chi connectivity index (χ0) is 19.7. The number of hydrogen-bond acceptors (Lipinski definition) is 6. The molecule has 1 fully saturated rings. The van der Waals surface area contributed by atoms with Crippen molar-refractivity contribution in [3.8, 4) is 0 Å². The van der Waals surface area contributed by atoms with Crippen molar-refractivity contribution in [2.45, 2.75) is 19.3 Å². The van der Waals surface area contributed by atoms with E-state index in [9.17, 15) is 14.9 Å². The van der Waals surface area contributed by atoms with E-state index in [0.29, 0.717) is 10.8 Å². The summed E-state index contributed by atoms with van der Waals surface area (Å²) in [4.78, 5) is 30.2. The lowest BCUT2D eigenvalue weighted by Gasteiger charge is -2.28. The number of hydrogen-bond donors (Lipinski definition) is 1. The van der Waals surface area contributed by atoms with E-state index in [0.717, 1.165) is 47.0 Å². The molecule has 2 aromatic carbocycles. The molecule has 0 spiro atoms. The van der Waals surface area contributed by atoms with E-state index in [1.165, 1.54) is 17.4 Å². The van der Waals surface area contributed by atoms with Gasteiger partial charge < -0.3 is 4.90 Å². The number of carbonyl (C=O) groups excluding carboxylic acids is 1. The van der Waals surface area contributed by atoms with Crippen LogP contribution < -0.4 is 10.2 Å². The van der Waals surface area contributed by atoms with Crippen LogP contribution >= 0.6 is 27.3 Å². The molecular weight excluding hydrogens is 444 g/mol. The van der Waals surface area contributed by atoms with Crippen LogP contribution in [0.15, 0.2) is 40.9 Å². The highest BCUT2D eigenvalue weighted by Crippen LogP contribution is 2.32. The van der Waals surface area contributed by atoms with E-state index >= 15 is 0 Å². The fraction of sp³-hybridized carbons (Fsp3) is 0.263. The van der Waals surface area contributed by atoms with E-state index in [4.69, 9.17) is 0 Å². The summed E-state index contributed by atoms with van der Waals surface area (Å²) in [6.07, 6.45) is 3.18. The molecule has 1 amide bonds. The normalized spacial score (nSPS) is 14.2. The molecular formula is C19H17BrN4O3S. The second-order valence-corrected chi connectivity index (χ2v) is 8.54. The smallest absolute Gasteiger partial charge is 0.293 e. The molecule has 4 rings (SSSR count). The SMILES string of the molecule is O=C(Nc1nc2ccc(Br)cc2s1)c1ccc(N2CCCCC2)c([N+](=O)[O-])c1. The van der Waals surface area contributed by atoms with E-state index in [1.807, 2.05) is 23.1 Å². The molecule has 0 aliphatic carbocycles. The van der Waals surface area contributed by atoms with Gasteiger partial charge in [0.2, 0.25) is 0 Å². The van der Waals surface area contributed by atoms with E-state index in [-0.39, 0.29) is 11.3 Å². The maximum atomic E-state index is 12.6. The largest absolute Gasteiger partial charge is 0.366 e. The first-order valence-electron chi connectivity index (χ1n) is 8.92. The van der Waals surface area contributed by atoms with E-state index < -0.39 is 10.8 Å². The molecule has 1 saturated heterocycles. The minimum Gasteiger partial charge on any atom is -0.366 e. The van der Waals surface area contributed by atoms with Gasteiger partial charge in [-0.3, -0.25) is 20.2 Å². The monoisotopic (exact) mass is 460 g/mol. The topological polar surface area (TPSA) is 88.4 Å². The third kappa shape index (κ3) is 3.85. The quantitative estimate of drug-likeness (QED) is 0.426. The molecule has 1 aromatic heterocycles. The molecule has 1 aliphatic rings. The van der Waals surface area contributed by atoms with Crippen LogP contribution in [0.5, 0.6) is 0 Å². The number of nitrogens with one attached hydrogen (secondary N) is 1. The zero-order valence-electron chi connectivity index (χ0n) is 14.9. The first-order chi connectivity index (χ1) is 13.5. The number of nitro groups is 1. The second kappa shape index (κ2) is 7.84. The highest BCUT2D eigenvalue weighted by Gasteiger charge is 2.23. The number of anilines is 2. The number of halogens is 1. The maximum absolute atomic E-state index is 12.6. The Hall–Kier alpha value is -2.52. The maximum Gasteiger partial charge on any atom is 0.293 e. The molecule has 2 heterocycles. The average Bonchev–Trinajstić information content (AvgIpc) is 3.09. The van der Waals surface area contributed by atoms with Gasteiger partial charge in [-0.05, 0) is 49.6 Å². The summed E-state index contributed by atoms with van der Waals surface area (Å²) in [5.74, 6) is -0.411. The van der Waals surface area contributed by atoms with Crippen LogP contribution in [0.1, 0.15) is 29.6 Å². The number of amides is 1. The molecule has 0 unspecified atom stereocenters. The van der Waals surface area contributed by atoms with E-state index in [2.05, 4.69) is 26.2 Å². The third-order valence-electron chi connectivity index (χ3n) is 4.70. The van der Waals surface area contributed by atoms with Crippen LogP contribution in [-0.2, 0) is 0 Å². The van der Waals surface area contributed by atoms with Gasteiger partial charge in [-0.2, -0.15) is 0 Å². The van der Waals surface area contributed by atoms with Crippen molar-refractivity contribution in [3.05, 3.63) is 56.5 Å². The van der Waals surface area contributed by atoms with Gasteiger partial charge >= 0.3 is 0 Å². The summed E-state index contributed by atoms with van der Waals surface area (Å²) in [5, 5.41) is 14.8. The Labute approximate surface area is 173 Å². The Morgan fingerprint density at radius 1 is 1.18 bits per heavy atom. The van der Waals surface area contributed by atoms with Crippen molar-refractivity contribution in [1.29, 1.82) is 0 Å². The summed E-state index contributed by atoms with van der Waals surface area (Å²) < 4.78 is 1.88. The number of nitro benzene ring substituents is 1. The number of rotatable bonds is 4. The molecule has 1 aliphatic heterocycles. The van der Waals surface area contributed by atoms with Gasteiger partial charge in [0.1, 0.15) is 5.69 Å². The zero-order valence-corrected chi connectivity index (χ0v) is 17.3. The Morgan fingerprint density at radius 3 is 2.71 bits per heavy atom. The fourth-order valence-corrected chi connectivity index (χ4v) is 4.75. The minimum atomic E-state index is -0.421. The summed E-state index contributed by atoms with van der Waals surface area (Å²) >= 11 is 4.77. The lowest BCUT2D eigenvalue weighted by atomic mass is 10.1. The molecule has 7 nitrogen and oxygen atoms in total. The van der Waals surface area contributed by atoms with Crippen LogP contribution in [0, 0.1) is 10.1 Å². The second-order valence-electron chi connectivity index (χ2n) is 6.59. The van der Waals surface area contributed by atoms with Gasteiger partial charge in [0, 0.05) is 29.2 Å². The van der Waals surface area contributed by atoms with Crippen molar-refractivity contribution in [2.24, 2.45) is 0 Å². The Kier molecular flexibility index (Phi) is 5.27. The molecule has 9 heteroatoms. The highest BCUT2D eigenvalue weighted by atomic mass is 79.9. The molecule has 0 radical (unpaired) electrons. The van der Waals surface area contributed by atoms with Gasteiger partial charge in [0.15, 0.2) is 5.13 Å². The Bertz CT molecular complexity index is 1060. The number of nitrogens with zero attached hydrogens (tertiary/aromatic N) is 3. The fourth-order valence-electron chi connectivity index (χ4n) is 3.33. The van der Waals surface area contributed by atoms with Crippen molar-refractivity contribution >= 4 is 59.9 Å². The van der Waals surface area contributed by atoms with Crippen LogP contribution in [0.3, 0.4) is 0 Å². The lowest BCUT2D eigenvalue weighted by Crippen LogP contribution is -2.30. The summed E-state index contributed by atoms with van der Waals surface area (Å²) in [6, 6.07) is 10.3. The van der Waals surface area contributed by atoms with Crippen molar-refractivity contribution in [2.75, 3.05) is 23.3 Å². The van der Waals surface area contributed by atoms with Crippen LogP contribution in [-0.4, -0.2) is 28.9 Å². The number of carbonyl (C=O) groups is 1. The van der Waals surface area contributed by atoms with Gasteiger partial charge in [-0.25, -0.2) is 4.98 Å². The molecule has 0 bridgehead atoms. The van der Waals surface area contributed by atoms with Crippen molar-refractivity contribution < 1.29 is 9.72 Å². The van der Waals surface area contributed by atoms with Crippen molar-refractivity contribution in [1.82, 2.24) is 4.98 Å². The number of fused-ring (bicyclic) bond motifs is 1. The Balaban J connectivity index is 1.59. The van der Waals surface area contributed by atoms with Gasteiger partial charge in [0.25, 0.3) is 11.6 Å². The molecule has 144 valence electrons. The summed E-state index contributed by atoms with van der Waals surface area (Å²) in [5.41, 5.74) is 1.57. The van der Waals surface area contributed by atoms with Crippen LogP contribution in [0.4, 0.5) is 16.5 Å². The minimum absolute atomic E-state index is 0.0391. The third-order valence-corrected chi connectivity index (χ3v) is 6.13. The van der Waals surface area contributed by atoms with Crippen molar-refractivity contribution in [3.63, 3.8) is 0 Å². The number of aromatic nitrogens is 1. The average molecular weight is 461 g/mol. The predicted octanol–water partition coefficient (Wildman–Crippen LogP) is 5.21. The molecule has 0 atom stereocenters. The standard InChI is InChI=1S/C19H17BrN4O3S/c20-13-5-6-14-17(11-13)28-19(21-14)22-18(25)12-4-7-15(16(10-12)24(26)27)23-8-2-1-3-9-23/h4-7,10-11H,1-3,8-9H2,(H,21,22,25). The Morgan fingerprint density at radius 2 is 1.96 bits per heavy atom. The number of thiazole rings is 1. The van der Waals surface area contributed by atoms with Gasteiger partial charge in [-0.15, -0.1) is 0 Å². The highest BCUT2D eigenvalue weighted by molar-refractivity contribution is 9.10. The number of benzene rings is 2. The summed E-state index contributed by atoms with van der Waals surface area (Å²) in [6.45, 7) is 1.60.